The SMILES string of the molecule is CCc1ccc(C(=O)N2CCCC(N3CCNCC3=O)C2)cc1[N+](=O)[O-].Cl. The fourth-order valence-corrected chi connectivity index (χ4v) is 3.75. The minimum absolute atomic E-state index is 0. The Bertz CT molecular complexity index is 727. The van der Waals surface area contributed by atoms with Crippen LogP contribution >= 0.6 is 12.4 Å². The van der Waals surface area contributed by atoms with Crippen LogP contribution in [0.15, 0.2) is 18.2 Å². The van der Waals surface area contributed by atoms with Gasteiger partial charge in [-0.05, 0) is 25.3 Å². The van der Waals surface area contributed by atoms with E-state index in [1.54, 1.807) is 17.0 Å². The highest BCUT2D eigenvalue weighted by molar-refractivity contribution is 5.95. The molecule has 0 saturated carbocycles. The van der Waals surface area contributed by atoms with Crippen LogP contribution < -0.4 is 5.32 Å². The lowest BCUT2D eigenvalue weighted by Crippen LogP contribution is -2.57. The third-order valence-corrected chi connectivity index (χ3v) is 5.16. The molecule has 3 rings (SSSR count). The molecule has 27 heavy (non-hydrogen) atoms. The summed E-state index contributed by atoms with van der Waals surface area (Å²) in [5.74, 6) is -0.137. The van der Waals surface area contributed by atoms with Crippen LogP contribution in [0.4, 0.5) is 5.69 Å². The van der Waals surface area contributed by atoms with Crippen LogP contribution in [0.25, 0.3) is 0 Å². The first-order chi connectivity index (χ1) is 12.5. The van der Waals surface area contributed by atoms with Gasteiger partial charge in [-0.3, -0.25) is 19.7 Å². The van der Waals surface area contributed by atoms with Crippen molar-refractivity contribution in [3.63, 3.8) is 0 Å². The second-order valence-electron chi connectivity index (χ2n) is 6.77. The van der Waals surface area contributed by atoms with E-state index < -0.39 is 4.92 Å². The third kappa shape index (κ3) is 4.56. The predicted octanol–water partition coefficient (Wildman–Crippen LogP) is 1.62. The lowest BCUT2D eigenvalue weighted by atomic mass is 10.0. The summed E-state index contributed by atoms with van der Waals surface area (Å²) in [6, 6.07) is 4.72. The Balaban J connectivity index is 0.00000261. The highest BCUT2D eigenvalue weighted by Gasteiger charge is 2.32. The summed E-state index contributed by atoms with van der Waals surface area (Å²) in [6.45, 7) is 4.70. The number of carbonyl (C=O) groups excluding carboxylic acids is 2. The van der Waals surface area contributed by atoms with E-state index in [9.17, 15) is 19.7 Å². The standard InChI is InChI=1S/C18H24N4O4.ClH/c1-2-13-5-6-14(10-16(13)22(25)26)18(24)20-8-3-4-15(12-20)21-9-7-19-11-17(21)23;/h5-6,10,15,19H,2-4,7-9,11-12H2,1H3;1H. The van der Waals surface area contributed by atoms with Gasteiger partial charge in [0.1, 0.15) is 0 Å². The van der Waals surface area contributed by atoms with Crippen molar-refractivity contribution in [2.45, 2.75) is 32.2 Å². The number of amides is 2. The molecule has 2 saturated heterocycles. The summed E-state index contributed by atoms with van der Waals surface area (Å²) in [7, 11) is 0. The molecule has 0 bridgehead atoms. The Kier molecular flexibility index (Phi) is 7.15. The number of halogens is 1. The molecule has 0 radical (unpaired) electrons. The summed E-state index contributed by atoms with van der Waals surface area (Å²) in [4.78, 5) is 39.4. The van der Waals surface area contributed by atoms with Gasteiger partial charge in [0.05, 0.1) is 11.5 Å². The fourth-order valence-electron chi connectivity index (χ4n) is 3.75. The van der Waals surface area contributed by atoms with Gasteiger partial charge >= 0.3 is 0 Å². The largest absolute Gasteiger partial charge is 0.337 e. The Hall–Kier alpha value is -2.19. The molecule has 2 amide bonds. The number of nitro benzene ring substituents is 1. The van der Waals surface area contributed by atoms with Gasteiger partial charge in [0.25, 0.3) is 11.6 Å². The third-order valence-electron chi connectivity index (χ3n) is 5.16. The van der Waals surface area contributed by atoms with Gasteiger partial charge in [-0.2, -0.15) is 0 Å². The number of hydrogen-bond donors (Lipinski definition) is 1. The number of piperidine rings is 1. The second kappa shape index (κ2) is 9.14. The molecule has 1 unspecified atom stereocenters. The minimum Gasteiger partial charge on any atom is -0.337 e. The fraction of sp³-hybridized carbons (Fsp3) is 0.556. The molecule has 2 heterocycles. The molecule has 148 valence electrons. The summed E-state index contributed by atoms with van der Waals surface area (Å²) >= 11 is 0. The maximum atomic E-state index is 12.9. The summed E-state index contributed by atoms with van der Waals surface area (Å²) in [6.07, 6.45) is 2.24. The van der Waals surface area contributed by atoms with Crippen LogP contribution in [-0.2, 0) is 11.2 Å². The molecule has 0 spiro atoms. The lowest BCUT2D eigenvalue weighted by Gasteiger charge is -2.41. The van der Waals surface area contributed by atoms with E-state index in [4.69, 9.17) is 0 Å². The first-order valence-electron chi connectivity index (χ1n) is 9.08. The average Bonchev–Trinajstić information content (AvgIpc) is 2.67. The molecule has 2 aliphatic heterocycles. The van der Waals surface area contributed by atoms with Crippen molar-refractivity contribution in [2.75, 3.05) is 32.7 Å². The van der Waals surface area contributed by atoms with E-state index in [0.717, 1.165) is 19.4 Å². The van der Waals surface area contributed by atoms with Gasteiger partial charge in [-0.1, -0.05) is 13.0 Å². The number of hydrogen-bond acceptors (Lipinski definition) is 5. The maximum Gasteiger partial charge on any atom is 0.273 e. The number of benzene rings is 1. The van der Waals surface area contributed by atoms with E-state index in [1.807, 2.05) is 11.8 Å². The number of nitro groups is 1. The molecule has 0 aliphatic carbocycles. The Labute approximate surface area is 164 Å². The Morgan fingerprint density at radius 1 is 1.37 bits per heavy atom. The van der Waals surface area contributed by atoms with Crippen molar-refractivity contribution in [2.24, 2.45) is 0 Å². The van der Waals surface area contributed by atoms with Crippen molar-refractivity contribution in [3.8, 4) is 0 Å². The molecular formula is C18H25ClN4O4. The van der Waals surface area contributed by atoms with E-state index in [0.29, 0.717) is 43.7 Å². The van der Waals surface area contributed by atoms with Crippen LogP contribution in [0.2, 0.25) is 0 Å². The van der Waals surface area contributed by atoms with Crippen LogP contribution in [0, 0.1) is 10.1 Å². The van der Waals surface area contributed by atoms with Crippen LogP contribution in [0.5, 0.6) is 0 Å². The molecule has 1 aromatic rings. The van der Waals surface area contributed by atoms with Crippen LogP contribution in [-0.4, -0.2) is 65.3 Å². The van der Waals surface area contributed by atoms with Crippen molar-refractivity contribution in [3.05, 3.63) is 39.4 Å². The molecule has 1 atom stereocenters. The first kappa shape index (κ1) is 21.1. The number of carbonyl (C=O) groups is 2. The number of rotatable bonds is 4. The normalized spacial score (nSPS) is 20.2. The number of likely N-dealkylation sites (tertiary alicyclic amines) is 1. The van der Waals surface area contributed by atoms with Gasteiger partial charge in [0, 0.05) is 49.4 Å². The zero-order valence-electron chi connectivity index (χ0n) is 15.3. The van der Waals surface area contributed by atoms with Crippen molar-refractivity contribution in [1.82, 2.24) is 15.1 Å². The van der Waals surface area contributed by atoms with Crippen molar-refractivity contribution >= 4 is 29.9 Å². The maximum absolute atomic E-state index is 12.9. The number of nitrogens with one attached hydrogen (secondary N) is 1. The molecule has 8 nitrogen and oxygen atoms in total. The molecular weight excluding hydrogens is 372 g/mol. The van der Waals surface area contributed by atoms with E-state index in [2.05, 4.69) is 5.32 Å². The predicted molar refractivity (Wildman–Crippen MR) is 103 cm³/mol. The van der Waals surface area contributed by atoms with Crippen LogP contribution in [0.1, 0.15) is 35.7 Å². The Morgan fingerprint density at radius 3 is 2.81 bits per heavy atom. The number of nitrogens with zero attached hydrogens (tertiary/aromatic N) is 3. The highest BCUT2D eigenvalue weighted by Crippen LogP contribution is 2.24. The van der Waals surface area contributed by atoms with Gasteiger partial charge in [0.15, 0.2) is 0 Å². The molecule has 2 fully saturated rings. The molecule has 0 aromatic heterocycles. The number of piperazine rings is 1. The zero-order valence-corrected chi connectivity index (χ0v) is 16.2. The average molecular weight is 397 g/mol. The van der Waals surface area contributed by atoms with Gasteiger partial charge in [-0.15, -0.1) is 12.4 Å². The molecule has 1 aromatic carbocycles. The van der Waals surface area contributed by atoms with E-state index in [-0.39, 0.29) is 36.0 Å². The molecule has 2 aliphatic rings. The summed E-state index contributed by atoms with van der Waals surface area (Å²) in [5, 5.41) is 14.3. The van der Waals surface area contributed by atoms with Crippen LogP contribution in [0.3, 0.4) is 0 Å². The Morgan fingerprint density at radius 2 is 2.15 bits per heavy atom. The van der Waals surface area contributed by atoms with Crippen molar-refractivity contribution < 1.29 is 14.5 Å². The monoisotopic (exact) mass is 396 g/mol. The van der Waals surface area contributed by atoms with Gasteiger partial charge in [-0.25, -0.2) is 0 Å². The lowest BCUT2D eigenvalue weighted by molar-refractivity contribution is -0.385. The van der Waals surface area contributed by atoms with Gasteiger partial charge < -0.3 is 15.1 Å². The van der Waals surface area contributed by atoms with E-state index >= 15 is 0 Å². The second-order valence-corrected chi connectivity index (χ2v) is 6.77. The quantitative estimate of drug-likeness (QED) is 0.616. The van der Waals surface area contributed by atoms with Gasteiger partial charge in [0.2, 0.25) is 5.91 Å². The number of aryl methyl sites for hydroxylation is 1. The smallest absolute Gasteiger partial charge is 0.273 e. The topological polar surface area (TPSA) is 95.8 Å². The van der Waals surface area contributed by atoms with Crippen molar-refractivity contribution in [1.29, 1.82) is 0 Å². The molecule has 1 N–H and O–H groups in total. The first-order valence-corrected chi connectivity index (χ1v) is 9.08. The summed E-state index contributed by atoms with van der Waals surface area (Å²) < 4.78 is 0. The van der Waals surface area contributed by atoms with E-state index in [1.165, 1.54) is 6.07 Å². The summed E-state index contributed by atoms with van der Waals surface area (Å²) in [5.41, 5.74) is 0.944. The molecule has 9 heteroatoms. The highest BCUT2D eigenvalue weighted by atomic mass is 35.5. The minimum atomic E-state index is -0.436. The zero-order chi connectivity index (χ0) is 18.7.